The zero-order valence-electron chi connectivity index (χ0n) is 9.86. The van der Waals surface area contributed by atoms with E-state index in [0.717, 1.165) is 28.6 Å². The van der Waals surface area contributed by atoms with Gasteiger partial charge in [-0.2, -0.15) is 0 Å². The van der Waals surface area contributed by atoms with Crippen LogP contribution >= 0.6 is 0 Å². The molecule has 1 aliphatic rings. The van der Waals surface area contributed by atoms with Crippen molar-refractivity contribution in [2.24, 2.45) is 0 Å². The number of aromatic nitrogens is 2. The van der Waals surface area contributed by atoms with Crippen molar-refractivity contribution in [3.63, 3.8) is 0 Å². The van der Waals surface area contributed by atoms with Crippen molar-refractivity contribution in [3.05, 3.63) is 47.0 Å². The fourth-order valence-corrected chi connectivity index (χ4v) is 2.07. The molecule has 3 heteroatoms. The minimum absolute atomic E-state index is 0.804. The molecule has 1 aromatic heterocycles. The predicted molar refractivity (Wildman–Crippen MR) is 70.2 cm³/mol. The van der Waals surface area contributed by atoms with Gasteiger partial charge in [0, 0.05) is 5.69 Å². The van der Waals surface area contributed by atoms with Gasteiger partial charge in [0.25, 0.3) is 0 Å². The number of nitrogens with zero attached hydrogens (tertiary/aromatic N) is 2. The Kier molecular flexibility index (Phi) is 2.18. The van der Waals surface area contributed by atoms with Gasteiger partial charge in [0.2, 0.25) is 0 Å². The fourth-order valence-electron chi connectivity index (χ4n) is 2.07. The molecule has 1 aliphatic heterocycles. The summed E-state index contributed by atoms with van der Waals surface area (Å²) in [5.74, 6) is 0.804. The molecule has 0 aliphatic carbocycles. The van der Waals surface area contributed by atoms with Crippen LogP contribution < -0.4 is 5.32 Å². The van der Waals surface area contributed by atoms with Gasteiger partial charge >= 0.3 is 0 Å². The lowest BCUT2D eigenvalue weighted by atomic mass is 10.2. The minimum Gasteiger partial charge on any atom is -0.352 e. The molecule has 1 N–H and O–H groups in total. The van der Waals surface area contributed by atoms with Crippen LogP contribution in [0.3, 0.4) is 0 Å². The van der Waals surface area contributed by atoms with Crippen LogP contribution in [0, 0.1) is 13.8 Å². The van der Waals surface area contributed by atoms with Gasteiger partial charge in [0.1, 0.15) is 5.82 Å². The quantitative estimate of drug-likeness (QED) is 0.635. The smallest absolute Gasteiger partial charge is 0.126 e. The molecule has 0 unspecified atom stereocenters. The Hall–Kier alpha value is -2.16. The normalized spacial score (nSPS) is 12.4. The average Bonchev–Trinajstić information content (AvgIpc) is 2.49. The molecule has 0 saturated carbocycles. The first-order chi connectivity index (χ1) is 8.24. The molecule has 1 aromatic carbocycles. The molecule has 0 atom stereocenters. The maximum absolute atomic E-state index is 4.46. The van der Waals surface area contributed by atoms with E-state index in [2.05, 4.69) is 33.5 Å². The lowest BCUT2D eigenvalue weighted by Crippen LogP contribution is -2.02. The summed E-state index contributed by atoms with van der Waals surface area (Å²) in [7, 11) is 0. The maximum Gasteiger partial charge on any atom is 0.126 e. The Labute approximate surface area is 100 Å². The van der Waals surface area contributed by atoms with Crippen LogP contribution in [0.5, 0.6) is 0 Å². The van der Waals surface area contributed by atoms with Gasteiger partial charge in [0.15, 0.2) is 0 Å². The molecule has 0 bridgehead atoms. The summed E-state index contributed by atoms with van der Waals surface area (Å²) >= 11 is 0. The highest BCUT2D eigenvalue weighted by molar-refractivity contribution is 5.86. The highest BCUT2D eigenvalue weighted by atomic mass is 15.0. The highest BCUT2D eigenvalue weighted by Gasteiger charge is 2.12. The van der Waals surface area contributed by atoms with E-state index in [1.807, 2.05) is 32.1 Å². The van der Waals surface area contributed by atoms with Gasteiger partial charge in [-0.25, -0.2) is 9.97 Å². The van der Waals surface area contributed by atoms with Crippen molar-refractivity contribution in [2.45, 2.75) is 13.8 Å². The van der Waals surface area contributed by atoms with Crippen LogP contribution in [-0.2, 0) is 0 Å². The van der Waals surface area contributed by atoms with E-state index >= 15 is 0 Å². The van der Waals surface area contributed by atoms with E-state index in [9.17, 15) is 0 Å². The average molecular weight is 223 g/mol. The molecular formula is C14H13N3. The van der Waals surface area contributed by atoms with Gasteiger partial charge < -0.3 is 5.32 Å². The summed E-state index contributed by atoms with van der Waals surface area (Å²) in [5, 5.41) is 3.41. The summed E-state index contributed by atoms with van der Waals surface area (Å²) in [5.41, 5.74) is 5.19. The number of para-hydroxylation sites is 1. The molecule has 0 radical (unpaired) electrons. The Bertz CT molecular complexity index is 615. The van der Waals surface area contributed by atoms with E-state index in [4.69, 9.17) is 0 Å². The van der Waals surface area contributed by atoms with Crippen LogP contribution in [0.25, 0.3) is 12.2 Å². The summed E-state index contributed by atoms with van der Waals surface area (Å²) in [6.45, 7) is 3.92. The third-order valence-electron chi connectivity index (χ3n) is 2.87. The van der Waals surface area contributed by atoms with E-state index in [-0.39, 0.29) is 0 Å². The molecule has 0 saturated heterocycles. The topological polar surface area (TPSA) is 37.8 Å². The molecule has 3 rings (SSSR count). The Morgan fingerprint density at radius 1 is 1.00 bits per heavy atom. The number of rotatable bonds is 0. The molecule has 3 nitrogen and oxygen atoms in total. The summed E-state index contributed by atoms with van der Waals surface area (Å²) < 4.78 is 0. The van der Waals surface area contributed by atoms with Crippen molar-refractivity contribution in [1.82, 2.24) is 9.97 Å². The van der Waals surface area contributed by atoms with Gasteiger partial charge in [0.05, 0.1) is 17.1 Å². The fraction of sp³-hybridized carbons (Fsp3) is 0.143. The molecule has 84 valence electrons. The predicted octanol–water partition coefficient (Wildman–Crippen LogP) is 3.32. The Morgan fingerprint density at radius 3 is 2.71 bits per heavy atom. The van der Waals surface area contributed by atoms with Crippen LogP contribution in [0.1, 0.15) is 22.8 Å². The second kappa shape index (κ2) is 3.70. The van der Waals surface area contributed by atoms with E-state index in [1.54, 1.807) is 0 Å². The van der Waals surface area contributed by atoms with E-state index in [0.29, 0.717) is 0 Å². The molecule has 2 aromatic rings. The van der Waals surface area contributed by atoms with Crippen molar-refractivity contribution >= 4 is 23.5 Å². The van der Waals surface area contributed by atoms with Crippen molar-refractivity contribution in [3.8, 4) is 0 Å². The first-order valence-electron chi connectivity index (χ1n) is 5.63. The van der Waals surface area contributed by atoms with Crippen LogP contribution in [0.4, 0.5) is 11.4 Å². The maximum atomic E-state index is 4.46. The molecule has 0 amide bonds. The number of aryl methyl sites for hydroxylation is 2. The first-order valence-corrected chi connectivity index (χ1v) is 5.63. The number of anilines is 2. The van der Waals surface area contributed by atoms with Crippen molar-refractivity contribution < 1.29 is 0 Å². The Balaban J connectivity index is 2.22. The van der Waals surface area contributed by atoms with Crippen LogP contribution in [-0.4, -0.2) is 9.97 Å². The largest absolute Gasteiger partial charge is 0.352 e. The SMILES string of the molecule is Cc1nc(C)c2c(n1)C=Cc1ccccc1N2. The highest BCUT2D eigenvalue weighted by Crippen LogP contribution is 2.30. The molecular weight excluding hydrogens is 210 g/mol. The van der Waals surface area contributed by atoms with Crippen LogP contribution in [0.2, 0.25) is 0 Å². The number of hydrogen-bond acceptors (Lipinski definition) is 3. The standard InChI is InChI=1S/C14H13N3/c1-9-14-13(16-10(2)15-9)8-7-11-5-3-4-6-12(11)17-14/h3-8,17H,1-2H3. The van der Waals surface area contributed by atoms with Gasteiger partial charge in [-0.05, 0) is 31.6 Å². The number of fused-ring (bicyclic) bond motifs is 2. The van der Waals surface area contributed by atoms with Gasteiger partial charge in [-0.15, -0.1) is 0 Å². The van der Waals surface area contributed by atoms with Gasteiger partial charge in [-0.3, -0.25) is 0 Å². The number of hydrogen-bond donors (Lipinski definition) is 1. The van der Waals surface area contributed by atoms with Crippen molar-refractivity contribution in [2.75, 3.05) is 5.32 Å². The van der Waals surface area contributed by atoms with E-state index in [1.165, 1.54) is 5.56 Å². The molecule has 0 spiro atoms. The summed E-state index contributed by atoms with van der Waals surface area (Å²) in [6, 6.07) is 8.20. The van der Waals surface area contributed by atoms with Gasteiger partial charge in [-0.1, -0.05) is 24.3 Å². The van der Waals surface area contributed by atoms with Crippen molar-refractivity contribution in [1.29, 1.82) is 0 Å². The number of nitrogens with one attached hydrogen (secondary N) is 1. The Morgan fingerprint density at radius 2 is 1.82 bits per heavy atom. The lowest BCUT2D eigenvalue weighted by Gasteiger charge is -2.11. The molecule has 2 heterocycles. The monoisotopic (exact) mass is 223 g/mol. The zero-order valence-corrected chi connectivity index (χ0v) is 9.86. The number of benzene rings is 1. The summed E-state index contributed by atoms with van der Waals surface area (Å²) in [4.78, 5) is 8.85. The second-order valence-corrected chi connectivity index (χ2v) is 4.16. The first kappa shape index (κ1) is 10.0. The second-order valence-electron chi connectivity index (χ2n) is 4.16. The van der Waals surface area contributed by atoms with E-state index < -0.39 is 0 Å². The third-order valence-corrected chi connectivity index (χ3v) is 2.87. The zero-order chi connectivity index (χ0) is 11.8. The molecule has 0 fully saturated rings. The lowest BCUT2D eigenvalue weighted by molar-refractivity contribution is 1.01. The molecule has 17 heavy (non-hydrogen) atoms. The third kappa shape index (κ3) is 1.69. The van der Waals surface area contributed by atoms with Crippen LogP contribution in [0.15, 0.2) is 24.3 Å². The minimum atomic E-state index is 0.804. The summed E-state index contributed by atoms with van der Waals surface area (Å²) in [6.07, 6.45) is 4.12.